The van der Waals surface area contributed by atoms with Crippen LogP contribution in [0, 0.1) is 0 Å². The van der Waals surface area contributed by atoms with E-state index in [1.165, 1.54) is 18.2 Å². The number of rotatable bonds is 9. The predicted octanol–water partition coefficient (Wildman–Crippen LogP) is 3.06. The van der Waals surface area contributed by atoms with Crippen LogP contribution >= 0.6 is 0 Å². The number of aromatic carboxylic acids is 1. The molecule has 0 aromatic heterocycles. The van der Waals surface area contributed by atoms with Gasteiger partial charge in [0.05, 0.1) is 11.3 Å². The van der Waals surface area contributed by atoms with Crippen molar-refractivity contribution >= 4 is 21.7 Å². The highest BCUT2D eigenvalue weighted by molar-refractivity contribution is 7.89. The topological polar surface area (TPSA) is 95.5 Å². The maximum absolute atomic E-state index is 12.6. The molecule has 0 amide bonds. The average molecular weight is 342 g/mol. The maximum atomic E-state index is 12.6. The second-order valence-electron chi connectivity index (χ2n) is 5.78. The van der Waals surface area contributed by atoms with Crippen LogP contribution < -0.4 is 10.0 Å². The number of carboxylic acid groups (broad SMARTS) is 1. The summed E-state index contributed by atoms with van der Waals surface area (Å²) in [5.74, 6) is -1.15. The number of sulfonamides is 1. The third kappa shape index (κ3) is 5.51. The van der Waals surface area contributed by atoms with Crippen molar-refractivity contribution in [1.82, 2.24) is 4.72 Å². The Bertz CT molecular complexity index is 643. The molecule has 0 radical (unpaired) electrons. The van der Waals surface area contributed by atoms with E-state index in [9.17, 15) is 13.2 Å². The lowest BCUT2D eigenvalue weighted by Crippen LogP contribution is -2.33. The van der Waals surface area contributed by atoms with Crippen LogP contribution in [-0.2, 0) is 10.0 Å². The van der Waals surface area contributed by atoms with Gasteiger partial charge >= 0.3 is 5.97 Å². The van der Waals surface area contributed by atoms with Gasteiger partial charge in [0.1, 0.15) is 4.90 Å². The molecule has 0 fully saturated rings. The molecule has 0 aliphatic rings. The van der Waals surface area contributed by atoms with Crippen LogP contribution in [-0.4, -0.2) is 31.6 Å². The molecule has 0 heterocycles. The standard InChI is InChI=1S/C16H26N2O4S/c1-5-7-12(4)17-14-9-8-13(16(19)20)10-15(14)23(21,22)18-11(3)6-2/h8-12,17-18H,5-7H2,1-4H3,(H,19,20)/t11-,12-/m1/s1. The van der Waals surface area contributed by atoms with Crippen molar-refractivity contribution < 1.29 is 18.3 Å². The molecule has 1 rings (SSSR count). The Morgan fingerprint density at radius 3 is 2.39 bits per heavy atom. The fourth-order valence-corrected chi connectivity index (χ4v) is 3.70. The van der Waals surface area contributed by atoms with Crippen molar-refractivity contribution in [2.75, 3.05) is 5.32 Å². The Morgan fingerprint density at radius 1 is 1.22 bits per heavy atom. The van der Waals surface area contributed by atoms with Gasteiger partial charge in [0.15, 0.2) is 0 Å². The van der Waals surface area contributed by atoms with Crippen molar-refractivity contribution in [3.8, 4) is 0 Å². The van der Waals surface area contributed by atoms with Crippen LogP contribution in [0.15, 0.2) is 23.1 Å². The summed E-state index contributed by atoms with van der Waals surface area (Å²) in [7, 11) is -3.79. The van der Waals surface area contributed by atoms with Crippen molar-refractivity contribution in [3.63, 3.8) is 0 Å². The van der Waals surface area contributed by atoms with Gasteiger partial charge in [-0.15, -0.1) is 0 Å². The summed E-state index contributed by atoms with van der Waals surface area (Å²) < 4.78 is 27.8. The van der Waals surface area contributed by atoms with E-state index in [4.69, 9.17) is 5.11 Å². The molecule has 0 spiro atoms. The van der Waals surface area contributed by atoms with E-state index >= 15 is 0 Å². The third-order valence-corrected chi connectivity index (χ3v) is 5.24. The highest BCUT2D eigenvalue weighted by Crippen LogP contribution is 2.25. The van der Waals surface area contributed by atoms with E-state index in [1.807, 2.05) is 20.8 Å². The summed E-state index contributed by atoms with van der Waals surface area (Å²) in [6, 6.07) is 3.99. The minimum absolute atomic E-state index is 0.0272. The Kier molecular flexibility index (Phi) is 7.02. The molecule has 2 atom stereocenters. The van der Waals surface area contributed by atoms with Crippen LogP contribution in [0.3, 0.4) is 0 Å². The monoisotopic (exact) mass is 342 g/mol. The van der Waals surface area contributed by atoms with Gasteiger partial charge in [-0.1, -0.05) is 20.3 Å². The lowest BCUT2D eigenvalue weighted by atomic mass is 10.1. The van der Waals surface area contributed by atoms with Gasteiger partial charge in [-0.05, 0) is 44.9 Å². The lowest BCUT2D eigenvalue weighted by molar-refractivity contribution is 0.0696. The second kappa shape index (κ2) is 8.31. The van der Waals surface area contributed by atoms with Gasteiger partial charge in [0, 0.05) is 12.1 Å². The maximum Gasteiger partial charge on any atom is 0.335 e. The van der Waals surface area contributed by atoms with Gasteiger partial charge in [-0.3, -0.25) is 0 Å². The molecule has 0 bridgehead atoms. The zero-order valence-corrected chi connectivity index (χ0v) is 14.9. The summed E-state index contributed by atoms with van der Waals surface area (Å²) in [6.45, 7) is 7.66. The first-order valence-corrected chi connectivity index (χ1v) is 9.35. The van der Waals surface area contributed by atoms with E-state index in [0.29, 0.717) is 12.1 Å². The molecule has 3 N–H and O–H groups in total. The number of hydrogen-bond acceptors (Lipinski definition) is 4. The van der Waals surface area contributed by atoms with Gasteiger partial charge in [-0.25, -0.2) is 17.9 Å². The average Bonchev–Trinajstić information content (AvgIpc) is 2.46. The highest BCUT2D eigenvalue weighted by atomic mass is 32.2. The van der Waals surface area contributed by atoms with Gasteiger partial charge in [-0.2, -0.15) is 0 Å². The Balaban J connectivity index is 3.28. The molecule has 0 saturated carbocycles. The fourth-order valence-electron chi connectivity index (χ4n) is 2.18. The molecule has 130 valence electrons. The van der Waals surface area contributed by atoms with E-state index in [-0.39, 0.29) is 22.5 Å². The molecule has 0 unspecified atom stereocenters. The molecule has 6 nitrogen and oxygen atoms in total. The second-order valence-corrected chi connectivity index (χ2v) is 7.46. The smallest absolute Gasteiger partial charge is 0.335 e. The van der Waals surface area contributed by atoms with E-state index in [0.717, 1.165) is 12.8 Å². The van der Waals surface area contributed by atoms with Crippen molar-refractivity contribution in [2.45, 2.75) is 63.9 Å². The van der Waals surface area contributed by atoms with Crippen LogP contribution in [0.5, 0.6) is 0 Å². The van der Waals surface area contributed by atoms with Crippen molar-refractivity contribution in [2.24, 2.45) is 0 Å². The summed E-state index contributed by atoms with van der Waals surface area (Å²) in [5, 5.41) is 12.3. The Hall–Kier alpha value is -1.60. The third-order valence-electron chi connectivity index (χ3n) is 3.61. The number of carboxylic acids is 1. The van der Waals surface area contributed by atoms with E-state index in [2.05, 4.69) is 10.0 Å². The molecule has 23 heavy (non-hydrogen) atoms. The number of carbonyl (C=O) groups is 1. The summed E-state index contributed by atoms with van der Waals surface area (Å²) in [4.78, 5) is 11.1. The van der Waals surface area contributed by atoms with Gasteiger partial charge in [0.25, 0.3) is 0 Å². The minimum atomic E-state index is -3.79. The largest absolute Gasteiger partial charge is 0.478 e. The van der Waals surface area contributed by atoms with Crippen molar-refractivity contribution in [3.05, 3.63) is 23.8 Å². The molecule has 1 aromatic carbocycles. The highest BCUT2D eigenvalue weighted by Gasteiger charge is 2.23. The lowest BCUT2D eigenvalue weighted by Gasteiger charge is -2.19. The van der Waals surface area contributed by atoms with E-state index < -0.39 is 16.0 Å². The SMILES string of the molecule is CCC[C@@H](C)Nc1ccc(C(=O)O)cc1S(=O)(=O)N[C@H](C)CC. The van der Waals surface area contributed by atoms with Crippen LogP contribution in [0.4, 0.5) is 5.69 Å². The fraction of sp³-hybridized carbons (Fsp3) is 0.562. The number of nitrogens with one attached hydrogen (secondary N) is 2. The van der Waals surface area contributed by atoms with Gasteiger partial charge in [0.2, 0.25) is 10.0 Å². The summed E-state index contributed by atoms with van der Waals surface area (Å²) in [5.41, 5.74) is 0.370. The normalized spacial score (nSPS) is 14.3. The zero-order chi connectivity index (χ0) is 17.6. The summed E-state index contributed by atoms with van der Waals surface area (Å²) >= 11 is 0. The quantitative estimate of drug-likeness (QED) is 0.641. The van der Waals surface area contributed by atoms with Crippen molar-refractivity contribution in [1.29, 1.82) is 0 Å². The predicted molar refractivity (Wildman–Crippen MR) is 91.5 cm³/mol. The molecule has 7 heteroatoms. The molecule has 0 aliphatic heterocycles. The first-order chi connectivity index (χ1) is 10.7. The molecular weight excluding hydrogens is 316 g/mol. The first-order valence-electron chi connectivity index (χ1n) is 7.87. The van der Waals surface area contributed by atoms with Gasteiger partial charge < -0.3 is 10.4 Å². The zero-order valence-electron chi connectivity index (χ0n) is 14.1. The Morgan fingerprint density at radius 2 is 1.87 bits per heavy atom. The molecular formula is C16H26N2O4S. The summed E-state index contributed by atoms with van der Waals surface area (Å²) in [6.07, 6.45) is 2.50. The molecule has 0 aliphatic carbocycles. The number of hydrogen-bond donors (Lipinski definition) is 3. The first kappa shape index (κ1) is 19.4. The van der Waals surface area contributed by atoms with Crippen LogP contribution in [0.1, 0.15) is 57.3 Å². The molecule has 1 aromatic rings. The van der Waals surface area contributed by atoms with E-state index in [1.54, 1.807) is 6.92 Å². The van der Waals surface area contributed by atoms with Crippen LogP contribution in [0.2, 0.25) is 0 Å². The number of anilines is 1. The minimum Gasteiger partial charge on any atom is -0.478 e. The van der Waals surface area contributed by atoms with Crippen LogP contribution in [0.25, 0.3) is 0 Å². The molecule has 0 saturated heterocycles. The number of benzene rings is 1. The Labute approximate surface area is 138 Å².